The molecule has 0 aliphatic heterocycles. The van der Waals surface area contributed by atoms with Crippen LogP contribution in [0.2, 0.25) is 0 Å². The third-order valence-electron chi connectivity index (χ3n) is 3.41. The zero-order valence-electron chi connectivity index (χ0n) is 10.5. The van der Waals surface area contributed by atoms with Crippen molar-refractivity contribution in [3.05, 3.63) is 17.5 Å². The van der Waals surface area contributed by atoms with Gasteiger partial charge in [-0.1, -0.05) is 19.3 Å². The Balaban J connectivity index is 2.15. The van der Waals surface area contributed by atoms with Crippen LogP contribution in [0, 0.1) is 13.8 Å². The van der Waals surface area contributed by atoms with Crippen LogP contribution in [-0.4, -0.2) is 23.1 Å². The van der Waals surface area contributed by atoms with Crippen LogP contribution in [0.3, 0.4) is 0 Å². The van der Waals surface area contributed by atoms with E-state index in [2.05, 4.69) is 21.9 Å². The van der Waals surface area contributed by atoms with Crippen molar-refractivity contribution < 1.29 is 0 Å². The van der Waals surface area contributed by atoms with E-state index in [9.17, 15) is 0 Å². The van der Waals surface area contributed by atoms with Gasteiger partial charge in [-0.15, -0.1) is 0 Å². The van der Waals surface area contributed by atoms with Gasteiger partial charge in [-0.05, 0) is 32.8 Å². The number of aryl methyl sites for hydroxylation is 2. The van der Waals surface area contributed by atoms with Crippen molar-refractivity contribution in [1.82, 2.24) is 9.97 Å². The maximum absolute atomic E-state index is 4.52. The van der Waals surface area contributed by atoms with Gasteiger partial charge < -0.3 is 4.90 Å². The zero-order valence-corrected chi connectivity index (χ0v) is 10.5. The van der Waals surface area contributed by atoms with Crippen molar-refractivity contribution in [3.8, 4) is 0 Å². The second kappa shape index (κ2) is 4.81. The topological polar surface area (TPSA) is 29.0 Å². The molecule has 3 nitrogen and oxygen atoms in total. The number of nitrogens with zero attached hydrogens (tertiary/aromatic N) is 3. The van der Waals surface area contributed by atoms with E-state index in [1.165, 1.54) is 32.1 Å². The molecule has 16 heavy (non-hydrogen) atoms. The molecule has 88 valence electrons. The van der Waals surface area contributed by atoms with E-state index in [0.717, 1.165) is 17.3 Å². The first-order valence-corrected chi connectivity index (χ1v) is 6.22. The van der Waals surface area contributed by atoms with Gasteiger partial charge in [0, 0.05) is 24.5 Å². The monoisotopic (exact) mass is 219 g/mol. The largest absolute Gasteiger partial charge is 0.341 e. The molecule has 1 heterocycles. The maximum atomic E-state index is 4.52. The molecular formula is C13H21N3. The SMILES string of the molecule is Cc1cc(C)nc(N(C)C2CCCCC2)n1. The summed E-state index contributed by atoms with van der Waals surface area (Å²) >= 11 is 0. The van der Waals surface area contributed by atoms with Crippen molar-refractivity contribution in [2.24, 2.45) is 0 Å². The molecule has 1 saturated carbocycles. The Morgan fingerprint density at radius 3 is 2.19 bits per heavy atom. The minimum absolute atomic E-state index is 0.634. The lowest BCUT2D eigenvalue weighted by molar-refractivity contribution is 0.424. The van der Waals surface area contributed by atoms with E-state index in [-0.39, 0.29) is 0 Å². The van der Waals surface area contributed by atoms with Gasteiger partial charge in [0.1, 0.15) is 0 Å². The minimum atomic E-state index is 0.634. The highest BCUT2D eigenvalue weighted by atomic mass is 15.3. The molecule has 0 saturated heterocycles. The molecule has 1 fully saturated rings. The fraction of sp³-hybridized carbons (Fsp3) is 0.692. The van der Waals surface area contributed by atoms with E-state index >= 15 is 0 Å². The van der Waals surface area contributed by atoms with Crippen LogP contribution < -0.4 is 4.90 Å². The molecule has 0 spiro atoms. The first-order valence-electron chi connectivity index (χ1n) is 6.22. The second-order valence-corrected chi connectivity index (χ2v) is 4.85. The maximum Gasteiger partial charge on any atom is 0.225 e. The molecule has 3 heteroatoms. The van der Waals surface area contributed by atoms with Crippen LogP contribution in [0.15, 0.2) is 6.07 Å². The molecule has 0 radical (unpaired) electrons. The van der Waals surface area contributed by atoms with Gasteiger partial charge in [0.05, 0.1) is 0 Å². The van der Waals surface area contributed by atoms with Crippen molar-refractivity contribution in [1.29, 1.82) is 0 Å². The summed E-state index contributed by atoms with van der Waals surface area (Å²) in [5.74, 6) is 0.893. The summed E-state index contributed by atoms with van der Waals surface area (Å²) in [6.45, 7) is 4.07. The Morgan fingerprint density at radius 2 is 1.62 bits per heavy atom. The number of hydrogen-bond donors (Lipinski definition) is 0. The first kappa shape index (κ1) is 11.4. The number of aromatic nitrogens is 2. The summed E-state index contributed by atoms with van der Waals surface area (Å²) in [6, 6.07) is 2.66. The van der Waals surface area contributed by atoms with Gasteiger partial charge >= 0.3 is 0 Å². The van der Waals surface area contributed by atoms with Crippen molar-refractivity contribution in [2.45, 2.75) is 52.0 Å². The van der Waals surface area contributed by atoms with Gasteiger partial charge in [0.2, 0.25) is 5.95 Å². The van der Waals surface area contributed by atoms with Gasteiger partial charge in [-0.25, -0.2) is 9.97 Å². The molecule has 0 bridgehead atoms. The molecule has 0 atom stereocenters. The van der Waals surface area contributed by atoms with E-state index < -0.39 is 0 Å². The number of anilines is 1. The number of rotatable bonds is 2. The Hall–Kier alpha value is -1.12. The lowest BCUT2D eigenvalue weighted by Gasteiger charge is -2.31. The predicted molar refractivity (Wildman–Crippen MR) is 66.8 cm³/mol. The molecular weight excluding hydrogens is 198 g/mol. The molecule has 1 aromatic heterocycles. The summed E-state index contributed by atoms with van der Waals surface area (Å²) in [6.07, 6.45) is 6.65. The normalized spacial score (nSPS) is 17.4. The Bertz CT molecular complexity index is 336. The van der Waals surface area contributed by atoms with E-state index in [1.807, 2.05) is 19.9 Å². The summed E-state index contributed by atoms with van der Waals surface area (Å²) in [5, 5.41) is 0. The lowest BCUT2D eigenvalue weighted by Crippen LogP contribution is -2.34. The zero-order chi connectivity index (χ0) is 11.5. The molecule has 0 N–H and O–H groups in total. The first-order chi connectivity index (χ1) is 7.66. The van der Waals surface area contributed by atoms with Crippen LogP contribution >= 0.6 is 0 Å². The van der Waals surface area contributed by atoms with Crippen molar-refractivity contribution in [3.63, 3.8) is 0 Å². The summed E-state index contributed by atoms with van der Waals surface area (Å²) < 4.78 is 0. The van der Waals surface area contributed by atoms with Crippen LogP contribution in [0.4, 0.5) is 5.95 Å². The lowest BCUT2D eigenvalue weighted by atomic mass is 9.95. The summed E-state index contributed by atoms with van der Waals surface area (Å²) in [7, 11) is 2.13. The molecule has 1 aliphatic carbocycles. The quantitative estimate of drug-likeness (QED) is 0.766. The molecule has 2 rings (SSSR count). The summed E-state index contributed by atoms with van der Waals surface area (Å²) in [5.41, 5.74) is 2.12. The third-order valence-corrected chi connectivity index (χ3v) is 3.41. The van der Waals surface area contributed by atoms with E-state index in [4.69, 9.17) is 0 Å². The highest BCUT2D eigenvalue weighted by molar-refractivity contribution is 5.32. The fourth-order valence-corrected chi connectivity index (χ4v) is 2.50. The third kappa shape index (κ3) is 2.52. The van der Waals surface area contributed by atoms with Gasteiger partial charge in [-0.3, -0.25) is 0 Å². The molecule has 0 aromatic carbocycles. The van der Waals surface area contributed by atoms with E-state index in [1.54, 1.807) is 0 Å². The van der Waals surface area contributed by atoms with E-state index in [0.29, 0.717) is 6.04 Å². The van der Waals surface area contributed by atoms with Crippen molar-refractivity contribution in [2.75, 3.05) is 11.9 Å². The molecule has 1 aliphatic rings. The second-order valence-electron chi connectivity index (χ2n) is 4.85. The average Bonchev–Trinajstić information content (AvgIpc) is 2.28. The Kier molecular flexibility index (Phi) is 3.42. The van der Waals surface area contributed by atoms with Crippen LogP contribution in [0.1, 0.15) is 43.5 Å². The Labute approximate surface area is 97.9 Å². The average molecular weight is 219 g/mol. The number of hydrogen-bond acceptors (Lipinski definition) is 3. The van der Waals surface area contributed by atoms with Gasteiger partial charge in [0.15, 0.2) is 0 Å². The minimum Gasteiger partial charge on any atom is -0.341 e. The predicted octanol–water partition coefficient (Wildman–Crippen LogP) is 2.86. The molecule has 0 unspecified atom stereocenters. The van der Waals surface area contributed by atoms with Gasteiger partial charge in [-0.2, -0.15) is 0 Å². The van der Waals surface area contributed by atoms with Crippen LogP contribution in [0.25, 0.3) is 0 Å². The Morgan fingerprint density at radius 1 is 1.06 bits per heavy atom. The standard InChI is InChI=1S/C13H21N3/c1-10-9-11(2)15-13(14-10)16(3)12-7-5-4-6-8-12/h9,12H,4-8H2,1-3H3. The molecule has 0 amide bonds. The molecule has 1 aromatic rings. The van der Waals surface area contributed by atoms with Crippen LogP contribution in [-0.2, 0) is 0 Å². The highest BCUT2D eigenvalue weighted by Crippen LogP contribution is 2.24. The highest BCUT2D eigenvalue weighted by Gasteiger charge is 2.20. The van der Waals surface area contributed by atoms with Crippen LogP contribution in [0.5, 0.6) is 0 Å². The van der Waals surface area contributed by atoms with Crippen molar-refractivity contribution >= 4 is 5.95 Å². The smallest absolute Gasteiger partial charge is 0.225 e. The fourth-order valence-electron chi connectivity index (χ4n) is 2.50. The summed E-state index contributed by atoms with van der Waals surface area (Å²) in [4.78, 5) is 11.3. The van der Waals surface area contributed by atoms with Gasteiger partial charge in [0.25, 0.3) is 0 Å².